The van der Waals surface area contributed by atoms with Crippen LogP contribution in [0.25, 0.3) is 11.3 Å². The summed E-state index contributed by atoms with van der Waals surface area (Å²) in [5.41, 5.74) is 2.19. The molecule has 2 aromatic heterocycles. The summed E-state index contributed by atoms with van der Waals surface area (Å²) in [6.07, 6.45) is 1.93. The number of hydrogen-bond donors (Lipinski definition) is 1. The predicted molar refractivity (Wildman–Crippen MR) is 88.8 cm³/mol. The number of rotatable bonds is 5. The van der Waals surface area contributed by atoms with Crippen LogP contribution in [0.4, 0.5) is 8.78 Å². The number of aromatic amines is 1. The maximum atomic E-state index is 13.0. The number of H-pyrrole nitrogens is 1. The van der Waals surface area contributed by atoms with E-state index in [1.54, 1.807) is 24.6 Å². The van der Waals surface area contributed by atoms with Gasteiger partial charge in [-0.1, -0.05) is 35.5 Å². The zero-order valence-electron chi connectivity index (χ0n) is 12.3. The van der Waals surface area contributed by atoms with Crippen LogP contribution in [0, 0.1) is 0 Å². The number of halogens is 3. The molecule has 0 atom stereocenters. The number of aromatic nitrogens is 5. The van der Waals surface area contributed by atoms with E-state index in [9.17, 15) is 8.78 Å². The lowest BCUT2D eigenvalue weighted by atomic mass is 10.1. The van der Waals surface area contributed by atoms with E-state index in [-0.39, 0.29) is 5.16 Å². The summed E-state index contributed by atoms with van der Waals surface area (Å²) in [5.74, 6) is -0.507. The van der Waals surface area contributed by atoms with E-state index in [2.05, 4.69) is 25.5 Å². The summed E-state index contributed by atoms with van der Waals surface area (Å²) in [7, 11) is 0. The van der Waals surface area contributed by atoms with Crippen LogP contribution in [0.15, 0.2) is 40.7 Å². The molecule has 0 unspecified atom stereocenters. The molecule has 3 aromatic rings. The Balaban J connectivity index is 1.96. The number of benzene rings is 1. The Morgan fingerprint density at radius 1 is 1.29 bits per heavy atom. The number of hydrogen-bond acceptors (Lipinski definition) is 5. The Labute approximate surface area is 144 Å². The zero-order valence-corrected chi connectivity index (χ0v) is 13.9. The Kier molecular flexibility index (Phi) is 4.91. The van der Waals surface area contributed by atoms with Crippen LogP contribution >= 0.6 is 23.4 Å². The van der Waals surface area contributed by atoms with E-state index >= 15 is 0 Å². The highest BCUT2D eigenvalue weighted by atomic mass is 35.5. The van der Waals surface area contributed by atoms with Gasteiger partial charge >= 0.3 is 0 Å². The third-order valence-corrected chi connectivity index (χ3v) is 4.00. The Morgan fingerprint density at radius 3 is 2.71 bits per heavy atom. The van der Waals surface area contributed by atoms with Crippen LogP contribution in [0.3, 0.4) is 0 Å². The van der Waals surface area contributed by atoms with Crippen molar-refractivity contribution in [3.8, 4) is 11.3 Å². The molecule has 3 rings (SSSR count). The fourth-order valence-corrected chi connectivity index (χ4v) is 2.57. The van der Waals surface area contributed by atoms with E-state index in [0.717, 1.165) is 10.2 Å². The van der Waals surface area contributed by atoms with Gasteiger partial charge in [-0.15, -0.1) is 10.2 Å². The molecular weight excluding hydrogens is 358 g/mol. The highest BCUT2D eigenvalue weighted by Crippen LogP contribution is 2.24. The van der Waals surface area contributed by atoms with Gasteiger partial charge in [-0.25, -0.2) is 8.78 Å². The molecule has 0 spiro atoms. The first-order valence-electron chi connectivity index (χ1n) is 6.71. The fourth-order valence-electron chi connectivity index (χ4n) is 2.01. The minimum Gasteiger partial charge on any atom is -0.277 e. The molecule has 1 N–H and O–H groups in total. The van der Waals surface area contributed by atoms with Gasteiger partial charge < -0.3 is 0 Å². The van der Waals surface area contributed by atoms with Gasteiger partial charge in [0.2, 0.25) is 11.0 Å². The fraction of sp³-hybridized carbons (Fsp3) is 0.143. The number of nitrogens with one attached hydrogen (secondary N) is 1. The molecule has 0 amide bonds. The molecule has 6 nitrogen and oxygen atoms in total. The third kappa shape index (κ3) is 3.31. The van der Waals surface area contributed by atoms with Crippen LogP contribution in [0.2, 0.25) is 5.02 Å². The van der Waals surface area contributed by atoms with Crippen molar-refractivity contribution >= 4 is 29.6 Å². The molecule has 1 aromatic carbocycles. The van der Waals surface area contributed by atoms with Gasteiger partial charge in [-0.05, 0) is 18.4 Å². The minimum atomic E-state index is -2.77. The Bertz CT molecular complexity index is 859. The average Bonchev–Trinajstić information content (AvgIpc) is 3.19. The van der Waals surface area contributed by atoms with E-state index in [1.165, 1.54) is 18.0 Å². The largest absolute Gasteiger partial charge is 0.299 e. The minimum absolute atomic E-state index is 0.276. The Morgan fingerprint density at radius 2 is 2.04 bits per heavy atom. The van der Waals surface area contributed by atoms with E-state index in [0.29, 0.717) is 16.3 Å². The first-order valence-corrected chi connectivity index (χ1v) is 8.31. The SMILES string of the molecule is CSc1nnc(C(F)F)n1/N=C/c1cn[nH]c1-c1ccc(Cl)cc1. The maximum absolute atomic E-state index is 13.0. The molecule has 124 valence electrons. The monoisotopic (exact) mass is 368 g/mol. The molecule has 0 fully saturated rings. The quantitative estimate of drug-likeness (QED) is 0.548. The zero-order chi connectivity index (χ0) is 17.1. The standard InChI is InChI=1S/C14H11ClF2N6S/c1-24-14-22-21-13(12(16)17)23(14)19-7-9-6-18-20-11(9)8-2-4-10(15)5-3-8/h2-7,12H,1H3,(H,18,20)/b19-7+. The van der Waals surface area contributed by atoms with Gasteiger partial charge in [0.15, 0.2) is 0 Å². The van der Waals surface area contributed by atoms with Crippen LogP contribution in [-0.4, -0.2) is 37.5 Å². The van der Waals surface area contributed by atoms with Crippen molar-refractivity contribution in [3.63, 3.8) is 0 Å². The molecule has 10 heteroatoms. The van der Waals surface area contributed by atoms with E-state index in [1.807, 2.05) is 12.1 Å². The summed E-state index contributed by atoms with van der Waals surface area (Å²) < 4.78 is 27.0. The summed E-state index contributed by atoms with van der Waals surface area (Å²) in [6.45, 7) is 0. The van der Waals surface area contributed by atoms with Gasteiger partial charge in [-0.3, -0.25) is 5.10 Å². The molecule has 0 saturated heterocycles. The second-order valence-corrected chi connectivity index (χ2v) is 5.82. The molecule has 0 radical (unpaired) electrons. The van der Waals surface area contributed by atoms with Crippen LogP contribution < -0.4 is 0 Å². The van der Waals surface area contributed by atoms with Gasteiger partial charge in [0.25, 0.3) is 6.43 Å². The van der Waals surface area contributed by atoms with Gasteiger partial charge in [-0.2, -0.15) is 14.9 Å². The second kappa shape index (κ2) is 7.10. The summed E-state index contributed by atoms with van der Waals surface area (Å²) in [6, 6.07) is 7.14. The van der Waals surface area contributed by atoms with Crippen molar-refractivity contribution < 1.29 is 8.78 Å². The van der Waals surface area contributed by atoms with Gasteiger partial charge in [0.1, 0.15) is 0 Å². The lowest BCUT2D eigenvalue weighted by Gasteiger charge is -2.02. The van der Waals surface area contributed by atoms with Crippen molar-refractivity contribution in [1.82, 2.24) is 25.1 Å². The molecule has 2 heterocycles. The molecule has 0 aliphatic carbocycles. The highest BCUT2D eigenvalue weighted by Gasteiger charge is 2.19. The summed E-state index contributed by atoms with van der Waals surface area (Å²) in [5, 5.41) is 19.0. The van der Waals surface area contributed by atoms with Crippen LogP contribution in [0.5, 0.6) is 0 Å². The van der Waals surface area contributed by atoms with Crippen LogP contribution in [0.1, 0.15) is 17.8 Å². The van der Waals surface area contributed by atoms with Crippen LogP contribution in [-0.2, 0) is 0 Å². The van der Waals surface area contributed by atoms with Gasteiger partial charge in [0, 0.05) is 16.1 Å². The van der Waals surface area contributed by atoms with E-state index < -0.39 is 12.2 Å². The number of alkyl halides is 2. The first kappa shape index (κ1) is 16.6. The molecular formula is C14H11ClF2N6S. The van der Waals surface area contributed by atoms with E-state index in [4.69, 9.17) is 11.6 Å². The lowest BCUT2D eigenvalue weighted by molar-refractivity contribution is 0.135. The van der Waals surface area contributed by atoms with Crippen molar-refractivity contribution in [2.24, 2.45) is 5.10 Å². The first-order chi connectivity index (χ1) is 11.6. The van der Waals surface area contributed by atoms with Crippen molar-refractivity contribution in [2.45, 2.75) is 11.6 Å². The third-order valence-electron chi connectivity index (χ3n) is 3.13. The molecule has 0 bridgehead atoms. The smallest absolute Gasteiger partial charge is 0.277 e. The normalized spacial score (nSPS) is 11.7. The summed E-state index contributed by atoms with van der Waals surface area (Å²) in [4.78, 5) is 0. The lowest BCUT2D eigenvalue weighted by Crippen LogP contribution is -2.00. The van der Waals surface area contributed by atoms with Crippen molar-refractivity contribution in [3.05, 3.63) is 46.9 Å². The molecule has 0 saturated carbocycles. The highest BCUT2D eigenvalue weighted by molar-refractivity contribution is 7.98. The average molecular weight is 369 g/mol. The second-order valence-electron chi connectivity index (χ2n) is 4.61. The molecule has 24 heavy (non-hydrogen) atoms. The molecule has 0 aliphatic heterocycles. The predicted octanol–water partition coefficient (Wildman–Crippen LogP) is 3.86. The number of nitrogens with zero attached hydrogens (tertiary/aromatic N) is 5. The maximum Gasteiger partial charge on any atom is 0.299 e. The summed E-state index contributed by atoms with van der Waals surface area (Å²) >= 11 is 7.06. The molecule has 0 aliphatic rings. The van der Waals surface area contributed by atoms with Crippen molar-refractivity contribution in [2.75, 3.05) is 6.26 Å². The number of thioether (sulfide) groups is 1. The van der Waals surface area contributed by atoms with Gasteiger partial charge in [0.05, 0.1) is 18.1 Å². The Hall–Kier alpha value is -2.26. The van der Waals surface area contributed by atoms with Crippen molar-refractivity contribution in [1.29, 1.82) is 0 Å². The topological polar surface area (TPSA) is 71.8 Å².